The van der Waals surface area contributed by atoms with Crippen molar-refractivity contribution in [2.24, 2.45) is 5.92 Å². The summed E-state index contributed by atoms with van der Waals surface area (Å²) in [5.74, 6) is 0.542. The Labute approximate surface area is 68.9 Å². The summed E-state index contributed by atoms with van der Waals surface area (Å²) in [5, 5.41) is 0. The fourth-order valence-corrected chi connectivity index (χ4v) is 1.99. The van der Waals surface area contributed by atoms with E-state index in [-0.39, 0.29) is 6.10 Å². The monoisotopic (exact) mass is 158 g/mol. The lowest BCUT2D eigenvalue weighted by molar-refractivity contribution is 0.00489. The van der Waals surface area contributed by atoms with Gasteiger partial charge in [0, 0.05) is 13.0 Å². The minimum Gasteiger partial charge on any atom is -0.378 e. The van der Waals surface area contributed by atoms with Crippen molar-refractivity contribution in [3.05, 3.63) is 0 Å². The van der Waals surface area contributed by atoms with Crippen LogP contribution >= 0.6 is 0 Å². The molecule has 0 aromatic heterocycles. The largest absolute Gasteiger partial charge is 0.378 e. The first-order valence-corrected chi connectivity index (χ1v) is 4.39. The van der Waals surface area contributed by atoms with E-state index < -0.39 is 0 Å². The molecule has 0 unspecified atom stereocenters. The van der Waals surface area contributed by atoms with Crippen molar-refractivity contribution in [2.75, 3.05) is 7.11 Å². The Morgan fingerprint density at radius 3 is 2.27 bits per heavy atom. The van der Waals surface area contributed by atoms with Crippen molar-refractivity contribution >= 4 is 0 Å². The summed E-state index contributed by atoms with van der Waals surface area (Å²) in [4.78, 5) is 0. The molecule has 1 fully saturated rings. The molecule has 1 aliphatic heterocycles. The molecular formula is C9H18O2. The van der Waals surface area contributed by atoms with Crippen LogP contribution in [0.15, 0.2) is 0 Å². The first kappa shape index (κ1) is 9.01. The smallest absolute Gasteiger partial charge is 0.0880 e. The topological polar surface area (TPSA) is 18.5 Å². The molecule has 0 bridgehead atoms. The number of methoxy groups -OCH3 is 1. The molecular weight excluding hydrogens is 140 g/mol. The van der Waals surface area contributed by atoms with Crippen molar-refractivity contribution in [3.63, 3.8) is 0 Å². The van der Waals surface area contributed by atoms with Crippen LogP contribution in [0.4, 0.5) is 0 Å². The van der Waals surface area contributed by atoms with Gasteiger partial charge in [0.15, 0.2) is 0 Å². The third-order valence-corrected chi connectivity index (χ3v) is 2.63. The minimum absolute atomic E-state index is 0.264. The number of hydrogen-bond donors (Lipinski definition) is 0. The zero-order valence-electron chi connectivity index (χ0n) is 7.83. The highest BCUT2D eigenvalue weighted by atomic mass is 16.6. The van der Waals surface area contributed by atoms with Gasteiger partial charge in [0.1, 0.15) is 0 Å². The Kier molecular flexibility index (Phi) is 2.90. The summed E-state index contributed by atoms with van der Waals surface area (Å²) < 4.78 is 11.0. The quantitative estimate of drug-likeness (QED) is 0.610. The van der Waals surface area contributed by atoms with Gasteiger partial charge >= 0.3 is 0 Å². The lowest BCUT2D eigenvalue weighted by Crippen LogP contribution is -2.25. The molecule has 1 rings (SSSR count). The van der Waals surface area contributed by atoms with Gasteiger partial charge in [-0.05, 0) is 13.3 Å². The second-order valence-corrected chi connectivity index (χ2v) is 3.35. The van der Waals surface area contributed by atoms with Gasteiger partial charge in [0.25, 0.3) is 0 Å². The molecule has 0 aliphatic carbocycles. The predicted molar refractivity (Wildman–Crippen MR) is 44.6 cm³/mol. The van der Waals surface area contributed by atoms with Gasteiger partial charge in [-0.3, -0.25) is 0 Å². The summed E-state index contributed by atoms with van der Waals surface area (Å²) in [5.41, 5.74) is 0. The molecule has 0 amide bonds. The molecule has 1 aliphatic rings. The summed E-state index contributed by atoms with van der Waals surface area (Å²) in [6, 6.07) is 0. The van der Waals surface area contributed by atoms with Crippen LogP contribution in [-0.4, -0.2) is 25.4 Å². The van der Waals surface area contributed by atoms with Gasteiger partial charge in [-0.1, -0.05) is 13.8 Å². The van der Waals surface area contributed by atoms with Crippen LogP contribution in [0.2, 0.25) is 0 Å². The number of hydrogen-bond acceptors (Lipinski definition) is 2. The van der Waals surface area contributed by atoms with Crippen LogP contribution in [0.3, 0.4) is 0 Å². The Bertz CT molecular complexity index is 125. The van der Waals surface area contributed by atoms with Crippen molar-refractivity contribution in [3.8, 4) is 0 Å². The van der Waals surface area contributed by atoms with E-state index in [1.165, 1.54) is 0 Å². The summed E-state index contributed by atoms with van der Waals surface area (Å²) in [6.07, 6.45) is 2.04. The van der Waals surface area contributed by atoms with Crippen LogP contribution in [-0.2, 0) is 9.47 Å². The molecule has 2 heteroatoms. The number of rotatable bonds is 2. The maximum atomic E-state index is 5.70. The molecule has 0 N–H and O–H groups in total. The third kappa shape index (κ3) is 1.57. The van der Waals surface area contributed by atoms with Gasteiger partial charge in [-0.15, -0.1) is 0 Å². The second-order valence-electron chi connectivity index (χ2n) is 3.35. The third-order valence-electron chi connectivity index (χ3n) is 2.63. The van der Waals surface area contributed by atoms with E-state index in [2.05, 4.69) is 20.8 Å². The fraction of sp³-hybridized carbons (Fsp3) is 1.00. The summed E-state index contributed by atoms with van der Waals surface area (Å²) >= 11 is 0. The highest BCUT2D eigenvalue weighted by Gasteiger charge is 2.38. The Balaban J connectivity index is 2.55. The Morgan fingerprint density at radius 2 is 2.00 bits per heavy atom. The standard InChI is InChI=1S/C9H18O2/c1-5-8-6(2)9(10-4)7(3)11-8/h6-9H,5H2,1-4H3/t6-,7+,8-,9-/m1/s1. The maximum Gasteiger partial charge on any atom is 0.0880 e. The van der Waals surface area contributed by atoms with Crippen molar-refractivity contribution in [2.45, 2.75) is 45.5 Å². The highest BCUT2D eigenvalue weighted by Crippen LogP contribution is 2.30. The van der Waals surface area contributed by atoms with E-state index in [1.807, 2.05) is 0 Å². The highest BCUT2D eigenvalue weighted by molar-refractivity contribution is 4.85. The van der Waals surface area contributed by atoms with E-state index in [9.17, 15) is 0 Å². The van der Waals surface area contributed by atoms with Gasteiger partial charge in [0.05, 0.1) is 18.3 Å². The average molecular weight is 158 g/mol. The maximum absolute atomic E-state index is 5.70. The summed E-state index contributed by atoms with van der Waals surface area (Å²) in [7, 11) is 1.76. The van der Waals surface area contributed by atoms with Crippen molar-refractivity contribution < 1.29 is 9.47 Å². The minimum atomic E-state index is 0.264. The normalized spacial score (nSPS) is 44.7. The van der Waals surface area contributed by atoms with Crippen molar-refractivity contribution in [1.29, 1.82) is 0 Å². The van der Waals surface area contributed by atoms with Gasteiger partial charge in [-0.25, -0.2) is 0 Å². The summed E-state index contributed by atoms with van der Waals surface area (Å²) in [6.45, 7) is 6.44. The van der Waals surface area contributed by atoms with E-state index in [0.717, 1.165) is 6.42 Å². The molecule has 0 radical (unpaired) electrons. The Hall–Kier alpha value is -0.0800. The molecule has 2 nitrogen and oxygen atoms in total. The van der Waals surface area contributed by atoms with Gasteiger partial charge in [-0.2, -0.15) is 0 Å². The molecule has 11 heavy (non-hydrogen) atoms. The van der Waals surface area contributed by atoms with Crippen LogP contribution in [0.1, 0.15) is 27.2 Å². The lowest BCUT2D eigenvalue weighted by atomic mass is 9.97. The molecule has 0 aromatic rings. The molecule has 0 spiro atoms. The molecule has 4 atom stereocenters. The van der Waals surface area contributed by atoms with Crippen LogP contribution in [0, 0.1) is 5.92 Å². The molecule has 1 saturated heterocycles. The van der Waals surface area contributed by atoms with Gasteiger partial charge < -0.3 is 9.47 Å². The molecule has 0 aromatic carbocycles. The zero-order valence-corrected chi connectivity index (χ0v) is 7.83. The lowest BCUT2D eigenvalue weighted by Gasteiger charge is -2.16. The van der Waals surface area contributed by atoms with E-state index in [1.54, 1.807) is 7.11 Å². The molecule has 0 saturated carbocycles. The molecule has 1 heterocycles. The first-order chi connectivity index (χ1) is 5.20. The van der Waals surface area contributed by atoms with Crippen LogP contribution in [0.5, 0.6) is 0 Å². The Morgan fingerprint density at radius 1 is 1.36 bits per heavy atom. The van der Waals surface area contributed by atoms with Gasteiger partial charge in [0.2, 0.25) is 0 Å². The zero-order chi connectivity index (χ0) is 8.43. The predicted octanol–water partition coefficient (Wildman–Crippen LogP) is 1.83. The van der Waals surface area contributed by atoms with E-state index in [0.29, 0.717) is 18.1 Å². The van der Waals surface area contributed by atoms with Crippen molar-refractivity contribution in [1.82, 2.24) is 0 Å². The average Bonchev–Trinajstić information content (AvgIpc) is 2.26. The number of ether oxygens (including phenoxy) is 2. The van der Waals surface area contributed by atoms with Crippen LogP contribution in [0.25, 0.3) is 0 Å². The fourth-order valence-electron chi connectivity index (χ4n) is 1.99. The van der Waals surface area contributed by atoms with Crippen LogP contribution < -0.4 is 0 Å². The molecule has 66 valence electrons. The second kappa shape index (κ2) is 3.55. The van der Waals surface area contributed by atoms with E-state index >= 15 is 0 Å². The van der Waals surface area contributed by atoms with E-state index in [4.69, 9.17) is 9.47 Å². The first-order valence-electron chi connectivity index (χ1n) is 4.39. The SMILES string of the molecule is CC[C@H]1O[C@@H](C)[C@H](OC)[C@@H]1C.